The molecule has 0 aromatic heterocycles. The molecule has 7 nitrogen and oxygen atoms in total. The van der Waals surface area contributed by atoms with Gasteiger partial charge in [-0.3, -0.25) is 13.9 Å². The first kappa shape index (κ1) is 24.9. The Morgan fingerprint density at radius 3 is 2.18 bits per heavy atom. The zero-order valence-corrected chi connectivity index (χ0v) is 19.7. The van der Waals surface area contributed by atoms with Crippen LogP contribution in [-0.2, 0) is 14.8 Å². The summed E-state index contributed by atoms with van der Waals surface area (Å²) in [4.78, 5) is 25.4. The average molecular weight is 484 g/mol. The van der Waals surface area contributed by atoms with E-state index in [1.807, 2.05) is 13.8 Å². The monoisotopic (exact) mass is 483 g/mol. The van der Waals surface area contributed by atoms with Crippen LogP contribution in [0.1, 0.15) is 24.2 Å². The van der Waals surface area contributed by atoms with Gasteiger partial charge in [0, 0.05) is 6.54 Å². The van der Waals surface area contributed by atoms with E-state index in [2.05, 4.69) is 10.6 Å². The number of amides is 2. The maximum atomic E-state index is 13.3. The number of nitrogens with one attached hydrogen (secondary N) is 2. The Hall–Kier alpha value is -3.72. The van der Waals surface area contributed by atoms with Crippen LogP contribution in [0.2, 0.25) is 0 Å². The van der Waals surface area contributed by atoms with E-state index in [0.29, 0.717) is 6.54 Å². The second-order valence-corrected chi connectivity index (χ2v) is 9.86. The summed E-state index contributed by atoms with van der Waals surface area (Å²) in [7, 11) is -4.18. The fourth-order valence-corrected chi connectivity index (χ4v) is 4.57. The minimum absolute atomic E-state index is 0.154. The van der Waals surface area contributed by atoms with Crippen molar-refractivity contribution in [2.45, 2.75) is 18.7 Å². The molecule has 0 aliphatic carbocycles. The fourth-order valence-electron chi connectivity index (χ4n) is 3.15. The Morgan fingerprint density at radius 2 is 1.53 bits per heavy atom. The second kappa shape index (κ2) is 10.9. The van der Waals surface area contributed by atoms with Crippen molar-refractivity contribution in [3.05, 3.63) is 90.2 Å². The molecule has 0 saturated heterocycles. The van der Waals surface area contributed by atoms with Crippen LogP contribution in [0.25, 0.3) is 0 Å². The topological polar surface area (TPSA) is 95.6 Å². The minimum atomic E-state index is -4.18. The van der Waals surface area contributed by atoms with Crippen LogP contribution in [0.4, 0.5) is 15.8 Å². The minimum Gasteiger partial charge on any atom is -0.352 e. The molecule has 0 aliphatic rings. The van der Waals surface area contributed by atoms with E-state index in [1.54, 1.807) is 54.6 Å². The van der Waals surface area contributed by atoms with Gasteiger partial charge in [0.25, 0.3) is 15.9 Å². The first-order valence-corrected chi connectivity index (χ1v) is 12.1. The predicted octanol–water partition coefficient (Wildman–Crippen LogP) is 4.05. The zero-order chi connectivity index (χ0) is 24.7. The van der Waals surface area contributed by atoms with Gasteiger partial charge in [-0.25, -0.2) is 12.8 Å². The second-order valence-electron chi connectivity index (χ2n) is 8.00. The number of nitrogens with zero attached hydrogens (tertiary/aromatic N) is 1. The maximum Gasteiger partial charge on any atom is 0.264 e. The molecule has 0 bridgehead atoms. The van der Waals surface area contributed by atoms with Gasteiger partial charge < -0.3 is 10.6 Å². The summed E-state index contributed by atoms with van der Waals surface area (Å²) >= 11 is 0. The van der Waals surface area contributed by atoms with Crippen LogP contribution in [0.5, 0.6) is 0 Å². The first-order chi connectivity index (χ1) is 16.2. The van der Waals surface area contributed by atoms with Gasteiger partial charge in [0.2, 0.25) is 5.91 Å². The van der Waals surface area contributed by atoms with Gasteiger partial charge in [-0.2, -0.15) is 0 Å². The molecule has 0 aliphatic heterocycles. The number of anilines is 2. The van der Waals surface area contributed by atoms with Crippen molar-refractivity contribution in [3.8, 4) is 0 Å². The number of carbonyl (C=O) groups excluding carboxylic acids is 2. The van der Waals surface area contributed by atoms with E-state index >= 15 is 0 Å². The third-order valence-electron chi connectivity index (χ3n) is 4.85. The van der Waals surface area contributed by atoms with Crippen LogP contribution >= 0.6 is 0 Å². The van der Waals surface area contributed by atoms with E-state index in [9.17, 15) is 22.4 Å². The van der Waals surface area contributed by atoms with Crippen LogP contribution in [-0.4, -0.2) is 33.3 Å². The van der Waals surface area contributed by atoms with Gasteiger partial charge in [0.1, 0.15) is 12.4 Å². The number of benzene rings is 3. The molecule has 0 unspecified atom stereocenters. The largest absolute Gasteiger partial charge is 0.352 e. The summed E-state index contributed by atoms with van der Waals surface area (Å²) in [5, 5.41) is 5.45. The fraction of sp³-hybridized carbons (Fsp3) is 0.200. The van der Waals surface area contributed by atoms with Crippen molar-refractivity contribution in [2.75, 3.05) is 22.7 Å². The molecular weight excluding hydrogens is 457 g/mol. The Kier molecular flexibility index (Phi) is 8.01. The number of rotatable bonds is 9. The summed E-state index contributed by atoms with van der Waals surface area (Å²) in [5.41, 5.74) is 0.801. The summed E-state index contributed by atoms with van der Waals surface area (Å²) < 4.78 is 40.9. The van der Waals surface area contributed by atoms with Gasteiger partial charge >= 0.3 is 0 Å². The normalized spacial score (nSPS) is 11.2. The van der Waals surface area contributed by atoms with Crippen molar-refractivity contribution in [3.63, 3.8) is 0 Å². The molecular formula is C25H26FN3O4S. The lowest BCUT2D eigenvalue weighted by Gasteiger charge is -2.24. The highest BCUT2D eigenvalue weighted by Crippen LogP contribution is 2.24. The van der Waals surface area contributed by atoms with Gasteiger partial charge in [-0.15, -0.1) is 0 Å². The molecule has 9 heteroatoms. The summed E-state index contributed by atoms with van der Waals surface area (Å²) in [6, 6.07) is 19.0. The summed E-state index contributed by atoms with van der Waals surface area (Å²) in [5.74, 6) is -1.31. The number of sulfonamides is 1. The quantitative estimate of drug-likeness (QED) is 0.480. The lowest BCUT2D eigenvalue weighted by molar-refractivity contribution is -0.114. The molecule has 2 N–H and O–H groups in total. The molecule has 0 atom stereocenters. The van der Waals surface area contributed by atoms with Crippen LogP contribution < -0.4 is 14.9 Å². The molecule has 3 rings (SSSR count). The third-order valence-corrected chi connectivity index (χ3v) is 6.64. The SMILES string of the molecule is CC(C)CNC(=O)c1ccccc1NC(=O)CN(c1ccccc1)S(=O)(=O)c1ccc(F)cc1. The van der Waals surface area contributed by atoms with Gasteiger partial charge in [-0.05, 0) is 54.4 Å². The Balaban J connectivity index is 1.87. The van der Waals surface area contributed by atoms with E-state index in [1.165, 1.54) is 0 Å². The molecule has 178 valence electrons. The maximum absolute atomic E-state index is 13.3. The van der Waals surface area contributed by atoms with Crippen molar-refractivity contribution < 1.29 is 22.4 Å². The van der Waals surface area contributed by atoms with Gasteiger partial charge in [0.05, 0.1) is 21.8 Å². The highest BCUT2D eigenvalue weighted by molar-refractivity contribution is 7.92. The predicted molar refractivity (Wildman–Crippen MR) is 130 cm³/mol. The van der Waals surface area contributed by atoms with E-state index in [0.717, 1.165) is 28.6 Å². The Morgan fingerprint density at radius 1 is 0.912 bits per heavy atom. The molecule has 3 aromatic carbocycles. The number of halogens is 1. The lowest BCUT2D eigenvalue weighted by atomic mass is 10.1. The zero-order valence-electron chi connectivity index (χ0n) is 18.9. The smallest absolute Gasteiger partial charge is 0.264 e. The highest BCUT2D eigenvalue weighted by atomic mass is 32.2. The van der Waals surface area contributed by atoms with E-state index in [4.69, 9.17) is 0 Å². The van der Waals surface area contributed by atoms with Crippen molar-refractivity contribution in [1.29, 1.82) is 0 Å². The molecule has 0 radical (unpaired) electrons. The lowest BCUT2D eigenvalue weighted by Crippen LogP contribution is -2.38. The molecule has 0 heterocycles. The van der Waals surface area contributed by atoms with Crippen molar-refractivity contribution in [1.82, 2.24) is 5.32 Å². The molecule has 0 fully saturated rings. The third kappa shape index (κ3) is 6.20. The average Bonchev–Trinajstić information content (AvgIpc) is 2.82. The standard InChI is InChI=1S/C25H26FN3O4S/c1-18(2)16-27-25(31)22-10-6-7-11-23(22)28-24(30)17-29(20-8-4-3-5-9-20)34(32,33)21-14-12-19(26)13-15-21/h3-15,18H,16-17H2,1-2H3,(H,27,31)(H,28,30). The van der Waals surface area contributed by atoms with Crippen LogP contribution in [0.3, 0.4) is 0 Å². The summed E-state index contributed by atoms with van der Waals surface area (Å²) in [6.07, 6.45) is 0. The molecule has 2 amide bonds. The van der Waals surface area contributed by atoms with E-state index in [-0.39, 0.29) is 33.7 Å². The van der Waals surface area contributed by atoms with Gasteiger partial charge in [-0.1, -0.05) is 44.2 Å². The van der Waals surface area contributed by atoms with Gasteiger partial charge in [0.15, 0.2) is 0 Å². The van der Waals surface area contributed by atoms with E-state index < -0.39 is 28.3 Å². The molecule has 0 saturated carbocycles. The van der Waals surface area contributed by atoms with Crippen LogP contribution in [0.15, 0.2) is 83.8 Å². The highest BCUT2D eigenvalue weighted by Gasteiger charge is 2.27. The Bertz CT molecular complexity index is 1250. The first-order valence-electron chi connectivity index (χ1n) is 10.7. The number of hydrogen-bond donors (Lipinski definition) is 2. The number of para-hydroxylation sites is 2. The van der Waals surface area contributed by atoms with Crippen molar-refractivity contribution >= 4 is 33.2 Å². The molecule has 0 spiro atoms. The van der Waals surface area contributed by atoms with Crippen LogP contribution in [0, 0.1) is 11.7 Å². The van der Waals surface area contributed by atoms with Crippen molar-refractivity contribution in [2.24, 2.45) is 5.92 Å². The number of hydrogen-bond acceptors (Lipinski definition) is 4. The number of carbonyl (C=O) groups is 2. The Labute approximate surface area is 198 Å². The summed E-state index contributed by atoms with van der Waals surface area (Å²) in [6.45, 7) is 3.85. The molecule has 34 heavy (non-hydrogen) atoms. The molecule has 3 aromatic rings.